The molecule has 3 rings (SSSR count). The van der Waals surface area contributed by atoms with E-state index in [1.165, 1.54) is 38.5 Å². The smallest absolute Gasteiger partial charge is 0.158 e. The van der Waals surface area contributed by atoms with Gasteiger partial charge in [0, 0.05) is 18.8 Å². The lowest BCUT2D eigenvalue weighted by Crippen LogP contribution is -2.35. The number of hydrogen-bond acceptors (Lipinski definition) is 4. The van der Waals surface area contributed by atoms with Gasteiger partial charge < -0.3 is 0 Å². The van der Waals surface area contributed by atoms with Crippen LogP contribution in [-0.2, 0) is 16.0 Å². The van der Waals surface area contributed by atoms with Crippen molar-refractivity contribution in [2.75, 3.05) is 0 Å². The van der Waals surface area contributed by atoms with Crippen LogP contribution in [0.1, 0.15) is 114 Å². The lowest BCUT2D eigenvalue weighted by Gasteiger charge is -2.28. The van der Waals surface area contributed by atoms with Crippen LogP contribution >= 0.6 is 0 Å². The molecule has 1 aromatic heterocycles. The first-order valence-corrected chi connectivity index (χ1v) is 13.6. The average Bonchev–Trinajstić information content (AvgIpc) is 2.85. The molecule has 2 aromatic rings. The van der Waals surface area contributed by atoms with Crippen molar-refractivity contribution in [1.29, 1.82) is 0 Å². The fraction of sp³-hybridized carbons (Fsp3) is 0.600. The summed E-state index contributed by atoms with van der Waals surface area (Å²) in [5.41, 5.74) is 1.99. The number of benzene rings is 1. The molecule has 0 amide bonds. The molecular weight excluding hydrogens is 420 g/mol. The lowest BCUT2D eigenvalue weighted by molar-refractivity contribution is -0.135. The van der Waals surface area contributed by atoms with Crippen molar-refractivity contribution in [3.8, 4) is 0 Å². The standard InChI is InChI=1S/C30H42N2O2/c1-3-5-6-7-8-9-11-15-24-21-31-30(32-22-24)28(25-16-12-10-13-17-25)29(34)26-19-18-23(14-4-2)20-27(26)33/h10,12-13,16-17,21-23,26,28H,3-9,11,14-15,18-20H2,1-2H3. The second-order valence-corrected chi connectivity index (χ2v) is 10.0. The number of Topliss-reactive ketones (excluding diaryl/α,β-unsaturated/α-hetero) is 2. The third kappa shape index (κ3) is 7.58. The van der Waals surface area contributed by atoms with Crippen LogP contribution in [0.4, 0.5) is 0 Å². The van der Waals surface area contributed by atoms with E-state index in [1.54, 1.807) is 0 Å². The van der Waals surface area contributed by atoms with Crippen molar-refractivity contribution in [2.45, 2.75) is 103 Å². The van der Waals surface area contributed by atoms with Gasteiger partial charge in [0.25, 0.3) is 0 Å². The number of hydrogen-bond donors (Lipinski definition) is 0. The summed E-state index contributed by atoms with van der Waals surface area (Å²) in [4.78, 5) is 35.9. The zero-order valence-electron chi connectivity index (χ0n) is 21.2. The summed E-state index contributed by atoms with van der Waals surface area (Å²) in [5.74, 6) is -0.0983. The summed E-state index contributed by atoms with van der Waals surface area (Å²) >= 11 is 0. The maximum absolute atomic E-state index is 13.7. The number of carbonyl (C=O) groups excluding carboxylic acids is 2. The van der Waals surface area contributed by atoms with Crippen LogP contribution in [-0.4, -0.2) is 21.5 Å². The van der Waals surface area contributed by atoms with Crippen LogP contribution in [0.25, 0.3) is 0 Å². The van der Waals surface area contributed by atoms with Crippen molar-refractivity contribution in [1.82, 2.24) is 9.97 Å². The highest BCUT2D eigenvalue weighted by molar-refractivity contribution is 6.06. The Kier molecular flexibility index (Phi) is 10.9. The largest absolute Gasteiger partial charge is 0.299 e. The highest BCUT2D eigenvalue weighted by Gasteiger charge is 2.38. The Labute approximate surface area is 206 Å². The molecule has 0 N–H and O–H groups in total. The van der Waals surface area contributed by atoms with Crippen LogP contribution in [0.2, 0.25) is 0 Å². The van der Waals surface area contributed by atoms with Crippen LogP contribution in [0.3, 0.4) is 0 Å². The van der Waals surface area contributed by atoms with E-state index in [1.807, 2.05) is 42.7 Å². The Morgan fingerprint density at radius 2 is 1.59 bits per heavy atom. The third-order valence-corrected chi connectivity index (χ3v) is 7.25. The van der Waals surface area contributed by atoms with E-state index in [0.29, 0.717) is 24.6 Å². The van der Waals surface area contributed by atoms with Gasteiger partial charge in [-0.2, -0.15) is 0 Å². The van der Waals surface area contributed by atoms with Gasteiger partial charge in [0.05, 0.1) is 5.92 Å². The van der Waals surface area contributed by atoms with Crippen molar-refractivity contribution < 1.29 is 9.59 Å². The van der Waals surface area contributed by atoms with Gasteiger partial charge in [-0.25, -0.2) is 9.97 Å². The van der Waals surface area contributed by atoms with E-state index < -0.39 is 11.8 Å². The Balaban J connectivity index is 1.66. The van der Waals surface area contributed by atoms with Crippen LogP contribution in [0, 0.1) is 11.8 Å². The summed E-state index contributed by atoms with van der Waals surface area (Å²) in [5, 5.41) is 0. The average molecular weight is 463 g/mol. The zero-order valence-corrected chi connectivity index (χ0v) is 21.2. The highest BCUT2D eigenvalue weighted by Crippen LogP contribution is 2.34. The molecule has 0 saturated heterocycles. The monoisotopic (exact) mass is 462 g/mol. The molecular formula is C30H42N2O2. The highest BCUT2D eigenvalue weighted by atomic mass is 16.2. The van der Waals surface area contributed by atoms with Gasteiger partial charge in [-0.15, -0.1) is 0 Å². The minimum atomic E-state index is -0.578. The van der Waals surface area contributed by atoms with E-state index in [4.69, 9.17) is 0 Å². The van der Waals surface area contributed by atoms with Crippen LogP contribution in [0.5, 0.6) is 0 Å². The number of aromatic nitrogens is 2. The van der Waals surface area contributed by atoms with E-state index in [9.17, 15) is 9.59 Å². The van der Waals surface area contributed by atoms with Gasteiger partial charge in [0.2, 0.25) is 0 Å². The predicted molar refractivity (Wildman–Crippen MR) is 138 cm³/mol. The van der Waals surface area contributed by atoms with Crippen LogP contribution in [0.15, 0.2) is 42.7 Å². The topological polar surface area (TPSA) is 59.9 Å². The van der Waals surface area contributed by atoms with E-state index in [0.717, 1.165) is 43.2 Å². The molecule has 1 saturated carbocycles. The Morgan fingerprint density at radius 1 is 0.912 bits per heavy atom. The van der Waals surface area contributed by atoms with E-state index in [2.05, 4.69) is 23.8 Å². The van der Waals surface area contributed by atoms with Crippen LogP contribution < -0.4 is 0 Å². The van der Waals surface area contributed by atoms with Gasteiger partial charge in [-0.05, 0) is 42.7 Å². The molecule has 1 aliphatic carbocycles. The van der Waals surface area contributed by atoms with Crippen molar-refractivity contribution in [3.63, 3.8) is 0 Å². The molecule has 0 aliphatic heterocycles. The molecule has 1 heterocycles. The maximum Gasteiger partial charge on any atom is 0.158 e. The second kappa shape index (κ2) is 14.1. The quantitative estimate of drug-likeness (QED) is 0.219. The fourth-order valence-corrected chi connectivity index (χ4v) is 5.26. The molecule has 1 aromatic carbocycles. The van der Waals surface area contributed by atoms with Crippen molar-refractivity contribution in [2.24, 2.45) is 11.8 Å². The summed E-state index contributed by atoms with van der Waals surface area (Å²) in [6, 6.07) is 9.71. The zero-order chi connectivity index (χ0) is 24.2. The summed E-state index contributed by atoms with van der Waals surface area (Å²) in [6.07, 6.45) is 18.0. The molecule has 3 atom stereocenters. The molecule has 184 valence electrons. The number of aryl methyl sites for hydroxylation is 1. The molecule has 0 bridgehead atoms. The number of unbranched alkanes of at least 4 members (excludes halogenated alkanes) is 6. The molecule has 4 heteroatoms. The maximum atomic E-state index is 13.7. The molecule has 1 fully saturated rings. The SMILES string of the molecule is CCCCCCCCCc1cnc(C(C(=O)C2CCC(CCC)CC2=O)c2ccccc2)nc1. The third-order valence-electron chi connectivity index (χ3n) is 7.25. The molecule has 4 nitrogen and oxygen atoms in total. The van der Waals surface area contributed by atoms with Gasteiger partial charge in [0.15, 0.2) is 5.78 Å². The normalized spacial score (nSPS) is 19.2. The molecule has 34 heavy (non-hydrogen) atoms. The first-order chi connectivity index (χ1) is 16.6. The number of ketones is 2. The minimum Gasteiger partial charge on any atom is -0.299 e. The molecule has 3 unspecified atom stereocenters. The van der Waals surface area contributed by atoms with Gasteiger partial charge >= 0.3 is 0 Å². The summed E-state index contributed by atoms with van der Waals surface area (Å²) < 4.78 is 0. The van der Waals surface area contributed by atoms with Gasteiger partial charge in [-0.1, -0.05) is 95.5 Å². The molecule has 0 radical (unpaired) electrons. The Hall–Kier alpha value is -2.36. The first-order valence-electron chi connectivity index (χ1n) is 13.6. The van der Waals surface area contributed by atoms with Crippen molar-refractivity contribution in [3.05, 3.63) is 59.7 Å². The Bertz CT molecular complexity index is 878. The van der Waals surface area contributed by atoms with Crippen molar-refractivity contribution >= 4 is 11.6 Å². The van der Waals surface area contributed by atoms with E-state index in [-0.39, 0.29) is 11.6 Å². The second-order valence-electron chi connectivity index (χ2n) is 10.0. The predicted octanol–water partition coefficient (Wildman–Crippen LogP) is 7.26. The minimum absolute atomic E-state index is 0.0361. The lowest BCUT2D eigenvalue weighted by atomic mass is 9.74. The summed E-state index contributed by atoms with van der Waals surface area (Å²) in [7, 11) is 0. The number of carbonyl (C=O) groups is 2. The van der Waals surface area contributed by atoms with Gasteiger partial charge in [-0.3, -0.25) is 9.59 Å². The van der Waals surface area contributed by atoms with E-state index >= 15 is 0 Å². The Morgan fingerprint density at radius 3 is 2.24 bits per heavy atom. The molecule has 1 aliphatic rings. The first kappa shape index (κ1) is 26.2. The fourth-order valence-electron chi connectivity index (χ4n) is 5.26. The van der Waals surface area contributed by atoms with Gasteiger partial charge in [0.1, 0.15) is 17.5 Å². The number of nitrogens with zero attached hydrogens (tertiary/aromatic N) is 2. The molecule has 0 spiro atoms. The summed E-state index contributed by atoms with van der Waals surface area (Å²) in [6.45, 7) is 4.40. The number of rotatable bonds is 14.